The molecule has 0 bridgehead atoms. The van der Waals surface area contributed by atoms with E-state index >= 15 is 0 Å². The second-order valence-electron chi connectivity index (χ2n) is 7.13. The maximum absolute atomic E-state index is 12.5. The maximum Gasteiger partial charge on any atom is 0.230 e. The number of aryl methyl sites for hydroxylation is 1. The van der Waals surface area contributed by atoms with E-state index in [1.807, 2.05) is 11.0 Å². The van der Waals surface area contributed by atoms with Gasteiger partial charge in [0.15, 0.2) is 11.6 Å². The van der Waals surface area contributed by atoms with Crippen LogP contribution in [-0.2, 0) is 11.2 Å². The van der Waals surface area contributed by atoms with Crippen molar-refractivity contribution < 1.29 is 9.21 Å². The van der Waals surface area contributed by atoms with Gasteiger partial charge in [0, 0.05) is 31.5 Å². The van der Waals surface area contributed by atoms with E-state index in [0.717, 1.165) is 32.4 Å². The van der Waals surface area contributed by atoms with E-state index in [0.29, 0.717) is 23.2 Å². The topological polar surface area (TPSA) is 108 Å². The van der Waals surface area contributed by atoms with Crippen LogP contribution in [0.4, 0.5) is 5.82 Å². The summed E-state index contributed by atoms with van der Waals surface area (Å²) in [5, 5.41) is 12.4. The number of rotatable bonds is 4. The third-order valence-electron chi connectivity index (χ3n) is 5.34. The number of nitrogens with one attached hydrogen (secondary N) is 1. The van der Waals surface area contributed by atoms with E-state index in [4.69, 9.17) is 9.68 Å². The highest BCUT2D eigenvalue weighted by Crippen LogP contribution is 2.46. The summed E-state index contributed by atoms with van der Waals surface area (Å²) in [5.74, 6) is 1.88. The Kier molecular flexibility index (Phi) is 4.07. The van der Waals surface area contributed by atoms with Crippen LogP contribution in [0.2, 0.25) is 0 Å². The fourth-order valence-corrected chi connectivity index (χ4v) is 4.05. The summed E-state index contributed by atoms with van der Waals surface area (Å²) in [4.78, 5) is 26.7. The van der Waals surface area contributed by atoms with Gasteiger partial charge >= 0.3 is 0 Å². The van der Waals surface area contributed by atoms with Crippen LogP contribution in [0, 0.1) is 23.7 Å². The molecule has 2 aromatic heterocycles. The highest BCUT2D eigenvalue weighted by molar-refractivity contribution is 5.79. The van der Waals surface area contributed by atoms with Crippen LogP contribution in [0.1, 0.15) is 36.6 Å². The minimum Gasteiger partial charge on any atom is -0.446 e. The van der Waals surface area contributed by atoms with Crippen molar-refractivity contribution in [1.29, 1.82) is 5.26 Å². The molecule has 0 aromatic carbocycles. The second kappa shape index (κ2) is 6.41. The average Bonchev–Trinajstić information content (AvgIpc) is 3.20. The molecule has 1 saturated carbocycles. The van der Waals surface area contributed by atoms with E-state index in [9.17, 15) is 4.79 Å². The second-order valence-corrected chi connectivity index (χ2v) is 7.13. The predicted octanol–water partition coefficient (Wildman–Crippen LogP) is 1.68. The highest BCUT2D eigenvalue weighted by Gasteiger charge is 2.52. The van der Waals surface area contributed by atoms with Gasteiger partial charge in [-0.3, -0.25) is 9.78 Å². The first-order valence-electron chi connectivity index (χ1n) is 8.76. The van der Waals surface area contributed by atoms with Gasteiger partial charge in [-0.15, -0.1) is 0 Å². The molecular formula is C18H20N6O2. The van der Waals surface area contributed by atoms with Gasteiger partial charge in [-0.1, -0.05) is 6.42 Å². The van der Waals surface area contributed by atoms with Crippen molar-refractivity contribution in [3.05, 3.63) is 35.9 Å². The Morgan fingerprint density at radius 3 is 3.04 bits per heavy atom. The number of nitriles is 1. The van der Waals surface area contributed by atoms with Gasteiger partial charge in [0.25, 0.3) is 0 Å². The number of amides is 1. The smallest absolute Gasteiger partial charge is 0.230 e. The molecule has 1 N–H and O–H groups in total. The maximum atomic E-state index is 12.5. The lowest BCUT2D eigenvalue weighted by atomic mass is 9.75. The van der Waals surface area contributed by atoms with E-state index in [-0.39, 0.29) is 23.8 Å². The van der Waals surface area contributed by atoms with Gasteiger partial charge in [0.05, 0.1) is 25.0 Å². The van der Waals surface area contributed by atoms with E-state index in [1.165, 1.54) is 6.20 Å². The zero-order valence-electron chi connectivity index (χ0n) is 14.6. The molecule has 26 heavy (non-hydrogen) atoms. The Balaban J connectivity index is 1.38. The van der Waals surface area contributed by atoms with Crippen molar-refractivity contribution >= 4 is 11.7 Å². The summed E-state index contributed by atoms with van der Waals surface area (Å²) >= 11 is 0. The largest absolute Gasteiger partial charge is 0.446 e. The molecule has 2 fully saturated rings. The first-order valence-corrected chi connectivity index (χ1v) is 8.76. The third-order valence-corrected chi connectivity index (χ3v) is 5.34. The van der Waals surface area contributed by atoms with Crippen LogP contribution in [0.3, 0.4) is 0 Å². The number of hydrogen-bond acceptors (Lipinski definition) is 7. The third kappa shape index (κ3) is 3.01. The summed E-state index contributed by atoms with van der Waals surface area (Å²) in [5.41, 5.74) is 0.381. The Labute approximate surface area is 151 Å². The summed E-state index contributed by atoms with van der Waals surface area (Å²) in [6.45, 7) is 3.25. The molecule has 2 aromatic rings. The molecule has 4 rings (SSSR count). The zero-order valence-corrected chi connectivity index (χ0v) is 14.6. The van der Waals surface area contributed by atoms with Crippen molar-refractivity contribution in [2.75, 3.05) is 18.4 Å². The van der Waals surface area contributed by atoms with Crippen molar-refractivity contribution in [3.63, 3.8) is 0 Å². The molecule has 8 nitrogen and oxygen atoms in total. The summed E-state index contributed by atoms with van der Waals surface area (Å²) in [7, 11) is 0. The van der Waals surface area contributed by atoms with E-state index in [1.54, 1.807) is 19.3 Å². The van der Waals surface area contributed by atoms with Gasteiger partial charge in [-0.25, -0.2) is 9.97 Å². The summed E-state index contributed by atoms with van der Waals surface area (Å²) in [6, 6.07) is 2.25. The lowest BCUT2D eigenvalue weighted by Crippen LogP contribution is -2.63. The number of carbonyl (C=O) groups is 1. The number of carbonyl (C=O) groups excluding carboxylic acids is 1. The van der Waals surface area contributed by atoms with Crippen molar-refractivity contribution in [3.8, 4) is 6.07 Å². The van der Waals surface area contributed by atoms with E-state index in [2.05, 4.69) is 20.3 Å². The molecule has 0 radical (unpaired) electrons. The predicted molar refractivity (Wildman–Crippen MR) is 92.0 cm³/mol. The average molecular weight is 352 g/mol. The lowest BCUT2D eigenvalue weighted by molar-refractivity contribution is -0.143. The van der Waals surface area contributed by atoms with Gasteiger partial charge in [-0.2, -0.15) is 5.26 Å². The van der Waals surface area contributed by atoms with Crippen LogP contribution in [0.25, 0.3) is 0 Å². The Morgan fingerprint density at radius 2 is 2.31 bits per heavy atom. The molecular weight excluding hydrogens is 332 g/mol. The minimum atomic E-state index is 0.0729. The number of nitrogens with zero attached hydrogens (tertiary/aromatic N) is 5. The number of anilines is 1. The molecule has 8 heteroatoms. The van der Waals surface area contributed by atoms with Crippen LogP contribution >= 0.6 is 0 Å². The van der Waals surface area contributed by atoms with Gasteiger partial charge in [0.1, 0.15) is 17.6 Å². The lowest BCUT2D eigenvalue weighted by Gasteiger charge is -2.51. The van der Waals surface area contributed by atoms with Crippen LogP contribution in [0.15, 0.2) is 23.0 Å². The molecule has 1 saturated heterocycles. The fourth-order valence-electron chi connectivity index (χ4n) is 4.05. The highest BCUT2D eigenvalue weighted by atomic mass is 16.4. The zero-order chi connectivity index (χ0) is 18.1. The molecule has 1 aliphatic heterocycles. The number of oxazole rings is 1. The number of hydrogen-bond donors (Lipinski definition) is 1. The van der Waals surface area contributed by atoms with Crippen molar-refractivity contribution in [1.82, 2.24) is 19.9 Å². The number of likely N-dealkylation sites (tertiary alicyclic amines) is 1. The van der Waals surface area contributed by atoms with Gasteiger partial charge in [-0.05, 0) is 12.8 Å². The fraction of sp³-hybridized carbons (Fsp3) is 0.500. The summed E-state index contributed by atoms with van der Waals surface area (Å²) < 4.78 is 5.40. The first kappa shape index (κ1) is 16.5. The molecule has 3 heterocycles. The van der Waals surface area contributed by atoms with E-state index < -0.39 is 0 Å². The Morgan fingerprint density at radius 1 is 1.46 bits per heavy atom. The van der Waals surface area contributed by atoms with Gasteiger partial charge in [0.2, 0.25) is 5.91 Å². The van der Waals surface area contributed by atoms with Crippen LogP contribution < -0.4 is 5.32 Å². The van der Waals surface area contributed by atoms with Gasteiger partial charge < -0.3 is 14.6 Å². The van der Waals surface area contributed by atoms with Crippen molar-refractivity contribution in [2.24, 2.45) is 5.41 Å². The van der Waals surface area contributed by atoms with Crippen LogP contribution in [-0.4, -0.2) is 44.9 Å². The minimum absolute atomic E-state index is 0.0729. The molecule has 134 valence electrons. The molecule has 1 spiro atoms. The SMILES string of the molecule is Cc1ncc(CC(=O)N2CC3(CCCC3Nc3cncc(C#N)n3)C2)o1. The first-order chi connectivity index (χ1) is 12.6. The normalized spacial score (nSPS) is 20.6. The molecule has 1 unspecified atom stereocenters. The van der Waals surface area contributed by atoms with Crippen molar-refractivity contribution in [2.45, 2.75) is 38.6 Å². The summed E-state index contributed by atoms with van der Waals surface area (Å²) in [6.07, 6.45) is 8.19. The molecule has 1 aliphatic carbocycles. The Hall–Kier alpha value is -2.95. The molecule has 1 atom stereocenters. The Bertz CT molecular complexity index is 865. The standard InChI is InChI=1S/C18H20N6O2/c1-12-21-8-14(26-12)5-17(25)24-10-18(11-24)4-2-3-15(18)23-16-9-20-7-13(6-19)22-16/h7-9,15H,2-5,10-11H2,1H3,(H,22,23). The number of aromatic nitrogens is 3. The molecule has 2 aliphatic rings. The molecule has 1 amide bonds. The monoisotopic (exact) mass is 352 g/mol. The quantitative estimate of drug-likeness (QED) is 0.892. The van der Waals surface area contributed by atoms with Crippen LogP contribution in [0.5, 0.6) is 0 Å².